The van der Waals surface area contributed by atoms with Crippen LogP contribution in [0.3, 0.4) is 0 Å². The van der Waals surface area contributed by atoms with Crippen LogP contribution in [0, 0.1) is 0 Å². The fourth-order valence-corrected chi connectivity index (χ4v) is 1.22. The Hall–Kier alpha value is -1.12. The molecule has 1 amide bonds. The van der Waals surface area contributed by atoms with Crippen molar-refractivity contribution in [1.82, 2.24) is 4.90 Å². The molecule has 0 unspecified atom stereocenters. The van der Waals surface area contributed by atoms with E-state index >= 15 is 0 Å². The summed E-state index contributed by atoms with van der Waals surface area (Å²) in [4.78, 5) is 16.9. The van der Waals surface area contributed by atoms with Crippen molar-refractivity contribution in [2.75, 3.05) is 13.1 Å². The van der Waals surface area contributed by atoms with E-state index in [1.165, 1.54) is 0 Å². The van der Waals surface area contributed by atoms with Crippen LogP contribution in [0.5, 0.6) is 0 Å². The van der Waals surface area contributed by atoms with Crippen molar-refractivity contribution in [3.8, 4) is 0 Å². The van der Waals surface area contributed by atoms with Crippen LogP contribution in [-0.4, -0.2) is 29.7 Å². The topological polar surface area (TPSA) is 32.7 Å². The molecule has 2 aliphatic rings. The third-order valence-electron chi connectivity index (χ3n) is 1.73. The van der Waals surface area contributed by atoms with E-state index in [2.05, 4.69) is 4.99 Å². The minimum atomic E-state index is 0.0819. The number of carbonyl (C=O) groups is 1. The number of amidine groups is 1. The van der Waals surface area contributed by atoms with Crippen molar-refractivity contribution >= 4 is 11.7 Å². The highest BCUT2D eigenvalue weighted by molar-refractivity contribution is 6.15. The molecule has 0 fully saturated rings. The van der Waals surface area contributed by atoms with Gasteiger partial charge in [0, 0.05) is 19.2 Å². The summed E-state index contributed by atoms with van der Waals surface area (Å²) in [6.45, 7) is 1.70. The zero-order chi connectivity index (χ0) is 6.97. The Bertz CT molecular complexity index is 230. The Balaban J connectivity index is 2.32. The van der Waals surface area contributed by atoms with Gasteiger partial charge in [0.1, 0.15) is 5.84 Å². The van der Waals surface area contributed by atoms with Crippen LogP contribution >= 0.6 is 0 Å². The van der Waals surface area contributed by atoms with E-state index in [1.54, 1.807) is 17.1 Å². The molecular weight excluding hydrogens is 128 g/mol. The van der Waals surface area contributed by atoms with Gasteiger partial charge in [-0.2, -0.15) is 0 Å². The third-order valence-corrected chi connectivity index (χ3v) is 1.73. The van der Waals surface area contributed by atoms with Crippen LogP contribution in [0.2, 0.25) is 0 Å². The molecule has 0 radical (unpaired) electrons. The molecule has 0 aliphatic carbocycles. The Morgan fingerprint density at radius 2 is 2.40 bits per heavy atom. The number of hydrogen-bond donors (Lipinski definition) is 0. The number of aliphatic imine (C=N–C) groups is 1. The van der Waals surface area contributed by atoms with Gasteiger partial charge in [-0.05, 0) is 12.5 Å². The molecule has 0 saturated carbocycles. The molecule has 0 aromatic carbocycles. The van der Waals surface area contributed by atoms with E-state index in [1.807, 2.05) is 0 Å². The highest BCUT2D eigenvalue weighted by Crippen LogP contribution is 2.10. The monoisotopic (exact) mass is 136 g/mol. The largest absolute Gasteiger partial charge is 0.293 e. The molecule has 3 heteroatoms. The molecule has 10 heavy (non-hydrogen) atoms. The Morgan fingerprint density at radius 3 is 3.20 bits per heavy atom. The van der Waals surface area contributed by atoms with Crippen LogP contribution < -0.4 is 0 Å². The fraction of sp³-hybridized carbons (Fsp3) is 0.429. The molecule has 0 aromatic heterocycles. The number of fused-ring (bicyclic) bond motifs is 1. The van der Waals surface area contributed by atoms with E-state index in [9.17, 15) is 4.79 Å². The van der Waals surface area contributed by atoms with Gasteiger partial charge in [-0.15, -0.1) is 0 Å². The van der Waals surface area contributed by atoms with Crippen molar-refractivity contribution in [1.29, 1.82) is 0 Å². The predicted molar refractivity (Wildman–Crippen MR) is 37.8 cm³/mol. The minimum absolute atomic E-state index is 0.0819. The van der Waals surface area contributed by atoms with Gasteiger partial charge < -0.3 is 0 Å². The number of nitrogens with zero attached hydrogens (tertiary/aromatic N) is 2. The maximum Gasteiger partial charge on any atom is 0.252 e. The summed E-state index contributed by atoms with van der Waals surface area (Å²) >= 11 is 0. The van der Waals surface area contributed by atoms with Gasteiger partial charge in [0.25, 0.3) is 5.91 Å². The highest BCUT2D eigenvalue weighted by atomic mass is 16.2. The van der Waals surface area contributed by atoms with Crippen molar-refractivity contribution in [2.24, 2.45) is 4.99 Å². The number of amides is 1. The SMILES string of the molecule is O=C1C=CC2=NCCCN12. The van der Waals surface area contributed by atoms with Gasteiger partial charge in [0.2, 0.25) is 0 Å². The first-order chi connectivity index (χ1) is 4.88. The standard InChI is InChI=1S/C7H8N2O/c10-7-3-2-6-8-4-1-5-9(6)7/h2-3H,1,4-5H2. The van der Waals surface area contributed by atoms with Gasteiger partial charge in [-0.1, -0.05) is 0 Å². The number of rotatable bonds is 0. The van der Waals surface area contributed by atoms with Crippen molar-refractivity contribution in [2.45, 2.75) is 6.42 Å². The second-order valence-electron chi connectivity index (χ2n) is 2.42. The van der Waals surface area contributed by atoms with E-state index < -0.39 is 0 Å². The van der Waals surface area contributed by atoms with Crippen LogP contribution in [0.1, 0.15) is 6.42 Å². The average Bonchev–Trinajstić information content (AvgIpc) is 2.34. The molecule has 0 saturated heterocycles. The highest BCUT2D eigenvalue weighted by Gasteiger charge is 2.22. The summed E-state index contributed by atoms with van der Waals surface area (Å²) in [6.07, 6.45) is 4.35. The molecule has 0 bridgehead atoms. The smallest absolute Gasteiger partial charge is 0.252 e. The van der Waals surface area contributed by atoms with E-state index in [-0.39, 0.29) is 5.91 Å². The fourth-order valence-electron chi connectivity index (χ4n) is 1.22. The second-order valence-corrected chi connectivity index (χ2v) is 2.42. The van der Waals surface area contributed by atoms with Gasteiger partial charge in [-0.3, -0.25) is 14.7 Å². The maximum atomic E-state index is 11.0. The van der Waals surface area contributed by atoms with Gasteiger partial charge in [-0.25, -0.2) is 0 Å². The van der Waals surface area contributed by atoms with Gasteiger partial charge in [0.05, 0.1) is 0 Å². The summed E-state index contributed by atoms with van der Waals surface area (Å²) in [6, 6.07) is 0. The Kier molecular flexibility index (Phi) is 1.09. The second kappa shape index (κ2) is 1.94. The van der Waals surface area contributed by atoms with Crippen LogP contribution in [-0.2, 0) is 4.79 Å². The van der Waals surface area contributed by atoms with Crippen LogP contribution in [0.15, 0.2) is 17.1 Å². The summed E-state index contributed by atoms with van der Waals surface area (Å²) < 4.78 is 0. The maximum absolute atomic E-state index is 11.0. The van der Waals surface area contributed by atoms with E-state index in [0.29, 0.717) is 0 Å². The zero-order valence-corrected chi connectivity index (χ0v) is 5.58. The summed E-state index contributed by atoms with van der Waals surface area (Å²) in [7, 11) is 0. The summed E-state index contributed by atoms with van der Waals surface area (Å²) in [5, 5.41) is 0. The van der Waals surface area contributed by atoms with Crippen LogP contribution in [0.25, 0.3) is 0 Å². The minimum Gasteiger partial charge on any atom is -0.293 e. The molecule has 0 atom stereocenters. The van der Waals surface area contributed by atoms with Crippen LogP contribution in [0.4, 0.5) is 0 Å². The Morgan fingerprint density at radius 1 is 1.50 bits per heavy atom. The first kappa shape index (κ1) is 5.65. The first-order valence-corrected chi connectivity index (χ1v) is 3.42. The molecule has 3 nitrogen and oxygen atoms in total. The normalized spacial score (nSPS) is 23.0. The molecular formula is C7H8N2O. The zero-order valence-electron chi connectivity index (χ0n) is 5.58. The van der Waals surface area contributed by atoms with E-state index in [4.69, 9.17) is 0 Å². The van der Waals surface area contributed by atoms with Gasteiger partial charge >= 0.3 is 0 Å². The lowest BCUT2D eigenvalue weighted by Gasteiger charge is -2.19. The molecule has 0 spiro atoms. The van der Waals surface area contributed by atoms with Crippen molar-refractivity contribution in [3.63, 3.8) is 0 Å². The molecule has 2 aliphatic heterocycles. The van der Waals surface area contributed by atoms with E-state index in [0.717, 1.165) is 25.3 Å². The number of hydrogen-bond acceptors (Lipinski definition) is 2. The molecule has 2 rings (SSSR count). The summed E-state index contributed by atoms with van der Waals surface area (Å²) in [5.74, 6) is 0.926. The lowest BCUT2D eigenvalue weighted by Crippen LogP contribution is -2.34. The molecule has 0 aromatic rings. The lowest BCUT2D eigenvalue weighted by molar-refractivity contribution is -0.122. The van der Waals surface area contributed by atoms with Crippen molar-refractivity contribution in [3.05, 3.63) is 12.2 Å². The molecule has 52 valence electrons. The quantitative estimate of drug-likeness (QED) is 0.467. The van der Waals surface area contributed by atoms with Crippen molar-refractivity contribution < 1.29 is 4.79 Å². The summed E-state index contributed by atoms with van der Waals surface area (Å²) in [5.41, 5.74) is 0. The molecule has 0 N–H and O–H groups in total. The first-order valence-electron chi connectivity index (χ1n) is 3.42. The lowest BCUT2D eigenvalue weighted by atomic mass is 10.3. The van der Waals surface area contributed by atoms with Gasteiger partial charge in [0.15, 0.2) is 0 Å². The number of carbonyl (C=O) groups excluding carboxylic acids is 1. The average molecular weight is 136 g/mol. The Labute approximate surface area is 59.0 Å². The molecule has 2 heterocycles. The third kappa shape index (κ3) is 0.667. The predicted octanol–water partition coefficient (Wildman–Crippen LogP) is 0.187.